The number of urea groups is 1. The maximum Gasteiger partial charge on any atom is 0.416 e. The summed E-state index contributed by atoms with van der Waals surface area (Å²) < 4.78 is 39.7. The third-order valence-electron chi connectivity index (χ3n) is 5.79. The average Bonchev–Trinajstić information content (AvgIpc) is 3.12. The van der Waals surface area contributed by atoms with Gasteiger partial charge in [0, 0.05) is 51.2 Å². The van der Waals surface area contributed by atoms with Crippen LogP contribution in [0.3, 0.4) is 0 Å². The molecule has 0 unspecified atom stereocenters. The number of carbonyl (C=O) groups is 2. The number of hydrogen-bond donors (Lipinski definition) is 1. The molecule has 0 aliphatic carbocycles. The first-order valence-electron chi connectivity index (χ1n) is 10.3. The van der Waals surface area contributed by atoms with Crippen molar-refractivity contribution in [2.24, 2.45) is 5.92 Å². The Morgan fingerprint density at radius 1 is 1.07 bits per heavy atom. The summed E-state index contributed by atoms with van der Waals surface area (Å²) in [6.45, 7) is 6.76. The van der Waals surface area contributed by atoms with E-state index in [-0.39, 0.29) is 31.1 Å². The molecule has 0 spiro atoms. The Bertz CT molecular complexity index is 776. The van der Waals surface area contributed by atoms with Gasteiger partial charge in [-0.2, -0.15) is 13.2 Å². The van der Waals surface area contributed by atoms with Crippen LogP contribution in [-0.2, 0) is 11.0 Å². The smallest absolute Gasteiger partial charge is 0.340 e. The van der Waals surface area contributed by atoms with E-state index in [2.05, 4.69) is 10.2 Å². The van der Waals surface area contributed by atoms with Crippen molar-refractivity contribution in [1.29, 1.82) is 0 Å². The molecule has 1 aromatic carbocycles. The molecule has 3 amide bonds. The zero-order valence-corrected chi connectivity index (χ0v) is 17.6. The lowest BCUT2D eigenvalue weighted by Crippen LogP contribution is -2.50. The normalized spacial score (nSPS) is 23.2. The first kappa shape index (κ1) is 22.4. The molecule has 2 saturated heterocycles. The molecule has 2 heterocycles. The van der Waals surface area contributed by atoms with Crippen molar-refractivity contribution in [1.82, 2.24) is 20.0 Å². The molecule has 30 heavy (non-hydrogen) atoms. The predicted molar refractivity (Wildman–Crippen MR) is 107 cm³/mol. The zero-order chi connectivity index (χ0) is 22.1. The Hall–Kier alpha value is -2.29. The lowest BCUT2D eigenvalue weighted by Gasteiger charge is -2.35. The lowest BCUT2D eigenvalue weighted by atomic mass is 9.87. The van der Waals surface area contributed by atoms with Gasteiger partial charge < -0.3 is 20.0 Å². The third-order valence-corrected chi connectivity index (χ3v) is 5.79. The quantitative estimate of drug-likeness (QED) is 0.809. The number of likely N-dealkylation sites (tertiary alicyclic amines) is 1. The number of nitrogens with zero attached hydrogens (tertiary/aromatic N) is 3. The van der Waals surface area contributed by atoms with Gasteiger partial charge in [0.15, 0.2) is 0 Å². The lowest BCUT2D eigenvalue weighted by molar-refractivity contribution is -0.137. The fourth-order valence-corrected chi connectivity index (χ4v) is 4.10. The summed E-state index contributed by atoms with van der Waals surface area (Å²) in [5.74, 6) is -1.13. The highest BCUT2D eigenvalue weighted by atomic mass is 19.4. The second kappa shape index (κ2) is 8.83. The summed E-state index contributed by atoms with van der Waals surface area (Å²) in [4.78, 5) is 31.3. The number of nitrogens with one attached hydrogen (secondary N) is 1. The van der Waals surface area contributed by atoms with Gasteiger partial charge in [0.25, 0.3) is 0 Å². The molecule has 2 aliphatic rings. The molecule has 0 saturated carbocycles. The second-order valence-corrected chi connectivity index (χ2v) is 8.47. The van der Waals surface area contributed by atoms with Crippen LogP contribution >= 0.6 is 0 Å². The first-order valence-corrected chi connectivity index (χ1v) is 10.3. The molecule has 166 valence electrons. The zero-order valence-electron chi connectivity index (χ0n) is 17.6. The van der Waals surface area contributed by atoms with E-state index in [9.17, 15) is 22.8 Å². The number of halogens is 3. The summed E-state index contributed by atoms with van der Waals surface area (Å²) in [6, 6.07) is 4.76. The van der Waals surface area contributed by atoms with Gasteiger partial charge in [0.1, 0.15) is 0 Å². The van der Waals surface area contributed by atoms with Gasteiger partial charge >= 0.3 is 12.2 Å². The molecule has 1 aromatic rings. The minimum atomic E-state index is -4.46. The van der Waals surface area contributed by atoms with Crippen molar-refractivity contribution < 1.29 is 22.8 Å². The molecule has 9 heteroatoms. The molecule has 2 aliphatic heterocycles. The predicted octanol–water partition coefficient (Wildman–Crippen LogP) is 2.61. The first-order chi connectivity index (χ1) is 14.1. The Kier molecular flexibility index (Phi) is 6.59. The summed E-state index contributed by atoms with van der Waals surface area (Å²) >= 11 is 0. The van der Waals surface area contributed by atoms with Crippen molar-refractivity contribution >= 4 is 11.9 Å². The molecule has 2 fully saturated rings. The van der Waals surface area contributed by atoms with Crippen LogP contribution in [0.1, 0.15) is 30.9 Å². The van der Waals surface area contributed by atoms with Crippen LogP contribution in [0.25, 0.3) is 0 Å². The van der Waals surface area contributed by atoms with E-state index in [4.69, 9.17) is 0 Å². The van der Waals surface area contributed by atoms with Crippen molar-refractivity contribution in [3.8, 4) is 0 Å². The number of likely N-dealkylation sites (N-methyl/N-ethyl adjacent to an activating group) is 1. The second-order valence-electron chi connectivity index (χ2n) is 8.47. The third kappa shape index (κ3) is 5.06. The molecule has 2 atom stereocenters. The number of benzene rings is 1. The highest BCUT2D eigenvalue weighted by molar-refractivity contribution is 5.83. The number of carbonyl (C=O) groups excluding carboxylic acids is 2. The molecule has 0 bridgehead atoms. The van der Waals surface area contributed by atoms with Crippen LogP contribution < -0.4 is 5.32 Å². The van der Waals surface area contributed by atoms with Crippen LogP contribution in [0.4, 0.5) is 18.0 Å². The number of hydrogen-bond acceptors (Lipinski definition) is 3. The van der Waals surface area contributed by atoms with Gasteiger partial charge in [-0.05, 0) is 32.5 Å². The fourth-order valence-electron chi connectivity index (χ4n) is 4.10. The average molecular weight is 426 g/mol. The minimum absolute atomic E-state index is 0.0723. The monoisotopic (exact) mass is 426 g/mol. The minimum Gasteiger partial charge on any atom is -0.340 e. The summed E-state index contributed by atoms with van der Waals surface area (Å²) in [6.07, 6.45) is -4.46. The number of piperazine rings is 1. The SMILES string of the molecule is CC(C)NC(=O)N1C[C@H](C(=O)N2CCN(C)CC2)[C@@H](c2cccc(C(F)(F)F)c2)C1. The molecule has 6 nitrogen and oxygen atoms in total. The van der Waals surface area contributed by atoms with Crippen molar-refractivity contribution in [2.75, 3.05) is 46.3 Å². The molecule has 0 radical (unpaired) electrons. The molecule has 0 aromatic heterocycles. The van der Waals surface area contributed by atoms with E-state index in [0.29, 0.717) is 18.7 Å². The summed E-state index contributed by atoms with van der Waals surface area (Å²) in [5, 5.41) is 2.81. The summed E-state index contributed by atoms with van der Waals surface area (Å²) in [5.41, 5.74) is -0.298. The maximum atomic E-state index is 13.3. The van der Waals surface area contributed by atoms with Gasteiger partial charge in [-0.25, -0.2) is 4.79 Å². The van der Waals surface area contributed by atoms with Crippen LogP contribution in [0.15, 0.2) is 24.3 Å². The Balaban J connectivity index is 1.87. The Labute approximate surface area is 175 Å². The van der Waals surface area contributed by atoms with E-state index in [1.54, 1.807) is 15.9 Å². The Morgan fingerprint density at radius 3 is 2.33 bits per heavy atom. The van der Waals surface area contributed by atoms with E-state index in [0.717, 1.165) is 25.2 Å². The van der Waals surface area contributed by atoms with E-state index in [1.165, 1.54) is 6.07 Å². The van der Waals surface area contributed by atoms with Gasteiger partial charge in [-0.15, -0.1) is 0 Å². The van der Waals surface area contributed by atoms with Crippen molar-refractivity contribution in [3.63, 3.8) is 0 Å². The number of rotatable bonds is 3. The Morgan fingerprint density at radius 2 is 1.73 bits per heavy atom. The van der Waals surface area contributed by atoms with Gasteiger partial charge in [-0.3, -0.25) is 4.79 Å². The van der Waals surface area contributed by atoms with Gasteiger partial charge in [0.05, 0.1) is 11.5 Å². The van der Waals surface area contributed by atoms with E-state index >= 15 is 0 Å². The molecular weight excluding hydrogens is 397 g/mol. The molecule has 3 rings (SSSR count). The van der Waals surface area contributed by atoms with Crippen LogP contribution in [0, 0.1) is 5.92 Å². The van der Waals surface area contributed by atoms with Gasteiger partial charge in [-0.1, -0.05) is 18.2 Å². The molecular formula is C21H29F3N4O2. The highest BCUT2D eigenvalue weighted by Gasteiger charge is 2.43. The highest BCUT2D eigenvalue weighted by Crippen LogP contribution is 2.37. The largest absolute Gasteiger partial charge is 0.416 e. The van der Waals surface area contributed by atoms with Crippen LogP contribution in [0.5, 0.6) is 0 Å². The van der Waals surface area contributed by atoms with Gasteiger partial charge in [0.2, 0.25) is 5.91 Å². The fraction of sp³-hybridized carbons (Fsp3) is 0.619. The van der Waals surface area contributed by atoms with Crippen molar-refractivity contribution in [3.05, 3.63) is 35.4 Å². The van der Waals surface area contributed by atoms with Crippen molar-refractivity contribution in [2.45, 2.75) is 32.0 Å². The standard InChI is InChI=1S/C21H29F3N4O2/c1-14(2)25-20(30)28-12-17(15-5-4-6-16(11-15)21(22,23)24)18(13-28)19(29)27-9-7-26(3)8-10-27/h4-6,11,14,17-18H,7-10,12-13H2,1-3H3,(H,25,30)/t17-,18+/m1/s1. The summed E-state index contributed by atoms with van der Waals surface area (Å²) in [7, 11) is 1.99. The van der Waals surface area contributed by atoms with Crippen LogP contribution in [0.2, 0.25) is 0 Å². The molecule has 1 N–H and O–H groups in total. The van der Waals surface area contributed by atoms with Crippen LogP contribution in [-0.4, -0.2) is 79.0 Å². The van der Waals surface area contributed by atoms with E-state index in [1.807, 2.05) is 20.9 Å². The number of alkyl halides is 3. The maximum absolute atomic E-state index is 13.3. The van der Waals surface area contributed by atoms with E-state index < -0.39 is 23.6 Å². The number of amides is 3. The topological polar surface area (TPSA) is 55.9 Å².